The smallest absolute Gasteiger partial charge is 0.411 e. The Morgan fingerprint density at radius 3 is 2.22 bits per heavy atom. The van der Waals surface area contributed by atoms with E-state index in [1.165, 1.54) is 0 Å². The SMILES string of the molecule is CC(C)[C@H](O)CN(C(=O)O)c1c(Cl)cccc1Cl. The average molecular weight is 292 g/mol. The number of aliphatic hydroxyl groups excluding tert-OH is 1. The van der Waals surface area contributed by atoms with E-state index < -0.39 is 12.2 Å². The van der Waals surface area contributed by atoms with Gasteiger partial charge in [-0.05, 0) is 18.1 Å². The molecule has 0 aliphatic carbocycles. The van der Waals surface area contributed by atoms with Crippen LogP contribution in [-0.2, 0) is 0 Å². The highest BCUT2D eigenvalue weighted by molar-refractivity contribution is 6.39. The van der Waals surface area contributed by atoms with Crippen molar-refractivity contribution in [2.45, 2.75) is 20.0 Å². The van der Waals surface area contributed by atoms with Crippen LogP contribution in [0.4, 0.5) is 10.5 Å². The quantitative estimate of drug-likeness (QED) is 0.893. The Bertz CT molecular complexity index is 417. The third-order valence-corrected chi connectivity index (χ3v) is 3.19. The number of amides is 1. The van der Waals surface area contributed by atoms with Crippen LogP contribution in [0.1, 0.15) is 13.8 Å². The molecule has 1 rings (SSSR count). The van der Waals surface area contributed by atoms with Gasteiger partial charge in [-0.2, -0.15) is 0 Å². The third kappa shape index (κ3) is 3.51. The summed E-state index contributed by atoms with van der Waals surface area (Å²) in [4.78, 5) is 12.2. The van der Waals surface area contributed by atoms with E-state index in [-0.39, 0.29) is 28.2 Å². The maximum Gasteiger partial charge on any atom is 0.411 e. The minimum atomic E-state index is -1.20. The van der Waals surface area contributed by atoms with Crippen LogP contribution in [-0.4, -0.2) is 29.0 Å². The largest absolute Gasteiger partial charge is 0.465 e. The highest BCUT2D eigenvalue weighted by Gasteiger charge is 2.24. The summed E-state index contributed by atoms with van der Waals surface area (Å²) in [5.41, 5.74) is 0.202. The highest BCUT2D eigenvalue weighted by Crippen LogP contribution is 2.33. The van der Waals surface area contributed by atoms with Crippen LogP contribution in [0.2, 0.25) is 10.0 Å². The molecule has 18 heavy (non-hydrogen) atoms. The van der Waals surface area contributed by atoms with Gasteiger partial charge in [-0.15, -0.1) is 0 Å². The van der Waals surface area contributed by atoms with E-state index in [0.717, 1.165) is 4.90 Å². The summed E-state index contributed by atoms with van der Waals surface area (Å²) in [6.07, 6.45) is -1.99. The van der Waals surface area contributed by atoms with E-state index in [2.05, 4.69) is 0 Å². The topological polar surface area (TPSA) is 60.8 Å². The fourth-order valence-electron chi connectivity index (χ4n) is 1.41. The van der Waals surface area contributed by atoms with Gasteiger partial charge in [0.15, 0.2) is 0 Å². The molecule has 0 heterocycles. The first-order valence-electron chi connectivity index (χ1n) is 5.47. The zero-order chi connectivity index (χ0) is 13.9. The van der Waals surface area contributed by atoms with Crippen molar-refractivity contribution in [1.82, 2.24) is 0 Å². The molecule has 0 bridgehead atoms. The standard InChI is InChI=1S/C12H15Cl2NO3/c1-7(2)10(16)6-15(12(17)18)11-8(13)4-3-5-9(11)14/h3-5,7,10,16H,6H2,1-2H3,(H,17,18)/t10-/m1/s1. The van der Waals surface area contributed by atoms with Crippen LogP contribution in [0.15, 0.2) is 18.2 Å². The Kier molecular flexibility index (Phi) is 5.26. The number of aliphatic hydroxyl groups is 1. The zero-order valence-electron chi connectivity index (χ0n) is 10.1. The molecule has 0 saturated heterocycles. The maximum atomic E-state index is 11.3. The number of nitrogens with zero attached hydrogens (tertiary/aromatic N) is 1. The highest BCUT2D eigenvalue weighted by atomic mass is 35.5. The van der Waals surface area contributed by atoms with Gasteiger partial charge in [0.1, 0.15) is 0 Å². The third-order valence-electron chi connectivity index (χ3n) is 2.58. The van der Waals surface area contributed by atoms with Crippen molar-refractivity contribution in [2.75, 3.05) is 11.4 Å². The molecule has 4 nitrogen and oxygen atoms in total. The van der Waals surface area contributed by atoms with Crippen LogP contribution in [0.3, 0.4) is 0 Å². The second-order valence-electron chi connectivity index (χ2n) is 4.27. The summed E-state index contributed by atoms with van der Waals surface area (Å²) in [6, 6.07) is 4.74. The molecule has 100 valence electrons. The van der Waals surface area contributed by atoms with E-state index in [9.17, 15) is 15.0 Å². The van der Waals surface area contributed by atoms with Crippen molar-refractivity contribution in [1.29, 1.82) is 0 Å². The monoisotopic (exact) mass is 291 g/mol. The minimum absolute atomic E-state index is 0.0619. The first-order chi connectivity index (χ1) is 8.34. The second-order valence-corrected chi connectivity index (χ2v) is 5.09. The fraction of sp³-hybridized carbons (Fsp3) is 0.417. The lowest BCUT2D eigenvalue weighted by molar-refractivity contribution is 0.127. The lowest BCUT2D eigenvalue weighted by Gasteiger charge is -2.25. The zero-order valence-corrected chi connectivity index (χ0v) is 11.6. The van der Waals surface area contributed by atoms with Gasteiger partial charge in [-0.25, -0.2) is 4.79 Å². The Morgan fingerprint density at radius 1 is 1.33 bits per heavy atom. The molecule has 0 fully saturated rings. The molecule has 0 unspecified atom stereocenters. The number of hydrogen-bond donors (Lipinski definition) is 2. The summed E-state index contributed by atoms with van der Waals surface area (Å²) in [7, 11) is 0. The van der Waals surface area contributed by atoms with Gasteiger partial charge in [0.05, 0.1) is 28.4 Å². The van der Waals surface area contributed by atoms with Crippen molar-refractivity contribution in [3.05, 3.63) is 28.2 Å². The number of rotatable bonds is 4. The fourth-order valence-corrected chi connectivity index (χ4v) is 2.01. The van der Waals surface area contributed by atoms with E-state index in [1.807, 2.05) is 0 Å². The molecule has 0 saturated carbocycles. The number of hydrogen-bond acceptors (Lipinski definition) is 2. The molecule has 0 radical (unpaired) electrons. The molecular formula is C12H15Cl2NO3. The van der Waals surface area contributed by atoms with Gasteiger partial charge in [-0.3, -0.25) is 4.90 Å². The lowest BCUT2D eigenvalue weighted by Crippen LogP contribution is -2.39. The number of halogens is 2. The Balaban J connectivity index is 3.09. The molecule has 6 heteroatoms. The first kappa shape index (κ1) is 15.1. The molecular weight excluding hydrogens is 277 g/mol. The van der Waals surface area contributed by atoms with Gasteiger partial charge in [-0.1, -0.05) is 43.1 Å². The Morgan fingerprint density at radius 2 is 1.83 bits per heavy atom. The number of anilines is 1. The van der Waals surface area contributed by atoms with Gasteiger partial charge in [0.25, 0.3) is 0 Å². The van der Waals surface area contributed by atoms with Gasteiger partial charge >= 0.3 is 6.09 Å². The summed E-state index contributed by atoms with van der Waals surface area (Å²) >= 11 is 11.9. The van der Waals surface area contributed by atoms with Crippen LogP contribution in [0.5, 0.6) is 0 Å². The van der Waals surface area contributed by atoms with Crippen molar-refractivity contribution in [2.24, 2.45) is 5.92 Å². The van der Waals surface area contributed by atoms with Crippen molar-refractivity contribution >= 4 is 35.0 Å². The minimum Gasteiger partial charge on any atom is -0.465 e. The van der Waals surface area contributed by atoms with E-state index in [1.54, 1.807) is 32.0 Å². The molecule has 1 amide bonds. The first-order valence-corrected chi connectivity index (χ1v) is 6.22. The molecule has 0 aliphatic heterocycles. The predicted octanol–water partition coefficient (Wildman–Crippen LogP) is 3.49. The van der Waals surface area contributed by atoms with Crippen molar-refractivity contribution in [3.8, 4) is 0 Å². The van der Waals surface area contributed by atoms with E-state index in [4.69, 9.17) is 23.2 Å². The van der Waals surface area contributed by atoms with Crippen molar-refractivity contribution in [3.63, 3.8) is 0 Å². The summed E-state index contributed by atoms with van der Waals surface area (Å²) < 4.78 is 0. The van der Waals surface area contributed by atoms with E-state index in [0.29, 0.717) is 0 Å². The molecule has 0 aliphatic rings. The summed E-state index contributed by atoms with van der Waals surface area (Å²) in [5.74, 6) is -0.0619. The lowest BCUT2D eigenvalue weighted by atomic mass is 10.1. The maximum absolute atomic E-state index is 11.3. The summed E-state index contributed by atoms with van der Waals surface area (Å²) in [6.45, 7) is 3.54. The van der Waals surface area contributed by atoms with Crippen LogP contribution in [0, 0.1) is 5.92 Å². The number of para-hydroxylation sites is 1. The second kappa shape index (κ2) is 6.27. The van der Waals surface area contributed by atoms with Crippen LogP contribution < -0.4 is 4.90 Å². The molecule has 1 aromatic carbocycles. The van der Waals surface area contributed by atoms with Gasteiger partial charge in [0.2, 0.25) is 0 Å². The predicted molar refractivity (Wildman–Crippen MR) is 72.7 cm³/mol. The number of benzene rings is 1. The Labute approximate surface area is 116 Å². The summed E-state index contributed by atoms with van der Waals surface area (Å²) in [5, 5.41) is 19.5. The van der Waals surface area contributed by atoms with Gasteiger partial charge in [0, 0.05) is 0 Å². The van der Waals surface area contributed by atoms with Crippen molar-refractivity contribution < 1.29 is 15.0 Å². The molecule has 0 spiro atoms. The van der Waals surface area contributed by atoms with E-state index >= 15 is 0 Å². The molecule has 0 aromatic heterocycles. The number of carboxylic acid groups (broad SMARTS) is 1. The van der Waals surface area contributed by atoms with Crippen LogP contribution in [0.25, 0.3) is 0 Å². The molecule has 1 atom stereocenters. The Hall–Kier alpha value is -0.970. The van der Waals surface area contributed by atoms with Crippen LogP contribution >= 0.6 is 23.2 Å². The normalized spacial score (nSPS) is 12.6. The van der Waals surface area contributed by atoms with Gasteiger partial charge < -0.3 is 10.2 Å². The molecule has 1 aromatic rings. The average Bonchev–Trinajstić information content (AvgIpc) is 2.26. The number of carbonyl (C=O) groups is 1. The molecule has 2 N–H and O–H groups in total.